The lowest BCUT2D eigenvalue weighted by Crippen LogP contribution is -2.22. The van der Waals surface area contributed by atoms with Crippen LogP contribution in [0.2, 0.25) is 0 Å². The normalized spacial score (nSPS) is 22.1. The highest BCUT2D eigenvalue weighted by Gasteiger charge is 2.22. The fraction of sp³-hybridized carbons (Fsp3) is 1.00. The maximum absolute atomic E-state index is 11.8. The highest BCUT2D eigenvalue weighted by atomic mass is 79.9. The van der Waals surface area contributed by atoms with Crippen LogP contribution >= 0.6 is 15.9 Å². The van der Waals surface area contributed by atoms with Crippen LogP contribution in [0.1, 0.15) is 13.8 Å². The summed E-state index contributed by atoms with van der Waals surface area (Å²) in [6.07, 6.45) is 0. The molecule has 0 N–H and O–H groups in total. The van der Waals surface area contributed by atoms with Gasteiger partial charge in [0.1, 0.15) is 5.01 Å². The summed E-state index contributed by atoms with van der Waals surface area (Å²) in [6, 6.07) is -2.77. The van der Waals surface area contributed by atoms with E-state index < -0.39 is 11.1 Å². The van der Waals surface area contributed by atoms with Crippen molar-refractivity contribution in [2.75, 3.05) is 0 Å². The van der Waals surface area contributed by atoms with Crippen LogP contribution in [-0.2, 0) is 9.84 Å². The predicted octanol–water partition coefficient (Wildman–Crippen LogP) is 1.82. The molecule has 0 spiro atoms. The van der Waals surface area contributed by atoms with E-state index >= 15 is 0 Å². The first-order valence-corrected chi connectivity index (χ1v) is 3.04. The standard InChI is InChI=1S/C4H7BrFO2/c1-3(5)8-4(2,6)7/h3H,1-2H3. The van der Waals surface area contributed by atoms with Crippen molar-refractivity contribution in [3.8, 4) is 0 Å². The van der Waals surface area contributed by atoms with Gasteiger partial charge >= 0.3 is 6.04 Å². The third-order valence-corrected chi connectivity index (χ3v) is 0.560. The van der Waals surface area contributed by atoms with Gasteiger partial charge in [-0.15, -0.1) is 0 Å². The molecule has 0 fully saturated rings. The summed E-state index contributed by atoms with van der Waals surface area (Å²) in [7, 11) is 0. The number of halogens is 2. The fourth-order valence-corrected chi connectivity index (χ4v) is 0.624. The number of ether oxygens (including phenoxy) is 1. The molecule has 0 amide bonds. The molecule has 0 saturated heterocycles. The van der Waals surface area contributed by atoms with Crippen LogP contribution in [0.25, 0.3) is 0 Å². The van der Waals surface area contributed by atoms with Crippen LogP contribution in [0, 0.1) is 0 Å². The van der Waals surface area contributed by atoms with Gasteiger partial charge in [0.05, 0.1) is 0 Å². The van der Waals surface area contributed by atoms with Crippen molar-refractivity contribution in [2.45, 2.75) is 24.9 Å². The second kappa shape index (κ2) is 2.75. The van der Waals surface area contributed by atoms with Crippen molar-refractivity contribution >= 4 is 15.9 Å². The van der Waals surface area contributed by atoms with E-state index in [4.69, 9.17) is 0 Å². The van der Waals surface area contributed by atoms with Gasteiger partial charge in [-0.05, 0) is 6.92 Å². The van der Waals surface area contributed by atoms with Crippen molar-refractivity contribution in [3.63, 3.8) is 0 Å². The van der Waals surface area contributed by atoms with E-state index in [9.17, 15) is 9.50 Å². The summed E-state index contributed by atoms with van der Waals surface area (Å²) in [6.45, 7) is 2.33. The van der Waals surface area contributed by atoms with E-state index in [1.165, 1.54) is 6.92 Å². The monoisotopic (exact) mass is 185 g/mol. The predicted molar refractivity (Wildman–Crippen MR) is 29.7 cm³/mol. The highest BCUT2D eigenvalue weighted by molar-refractivity contribution is 9.09. The lowest BCUT2D eigenvalue weighted by Gasteiger charge is -2.12. The number of alkyl halides is 2. The molecule has 2 nitrogen and oxygen atoms in total. The Balaban J connectivity index is 3.39. The molecule has 0 aliphatic rings. The van der Waals surface area contributed by atoms with Gasteiger partial charge in [-0.2, -0.15) is 9.50 Å². The van der Waals surface area contributed by atoms with E-state index in [-0.39, 0.29) is 0 Å². The Kier molecular flexibility index (Phi) is 2.87. The summed E-state index contributed by atoms with van der Waals surface area (Å²) in [5.74, 6) is 0. The SMILES string of the molecule is CC(Br)OC(C)([O])F. The molecule has 0 aromatic rings. The zero-order valence-electron chi connectivity index (χ0n) is 4.65. The van der Waals surface area contributed by atoms with Crippen molar-refractivity contribution in [1.82, 2.24) is 0 Å². The summed E-state index contributed by atoms with van der Waals surface area (Å²) < 4.78 is 16.0. The smallest absolute Gasteiger partial charge is 0.308 e. The minimum atomic E-state index is -2.77. The number of hydrogen-bond acceptors (Lipinski definition) is 1. The first-order valence-electron chi connectivity index (χ1n) is 2.13. The Morgan fingerprint density at radius 2 is 2.25 bits per heavy atom. The molecular formula is C4H7BrFO2. The number of hydrogen-bond donors (Lipinski definition) is 0. The molecule has 0 aliphatic carbocycles. The molecular weight excluding hydrogens is 179 g/mol. The quantitative estimate of drug-likeness (QED) is 0.477. The fourth-order valence-electron chi connectivity index (χ4n) is 0.290. The molecule has 8 heavy (non-hydrogen) atoms. The largest absolute Gasteiger partial charge is 0.346 e. The van der Waals surface area contributed by atoms with Gasteiger partial charge < -0.3 is 4.74 Å². The van der Waals surface area contributed by atoms with Gasteiger partial charge in [-0.3, -0.25) is 0 Å². The average molecular weight is 186 g/mol. The Labute approximate surface area is 55.8 Å². The van der Waals surface area contributed by atoms with Crippen molar-refractivity contribution in [3.05, 3.63) is 0 Å². The van der Waals surface area contributed by atoms with Crippen molar-refractivity contribution < 1.29 is 14.2 Å². The maximum atomic E-state index is 11.8. The molecule has 0 aromatic carbocycles. The summed E-state index contributed by atoms with van der Waals surface area (Å²) >= 11 is 2.85. The third kappa shape index (κ3) is 6.33. The van der Waals surface area contributed by atoms with Gasteiger partial charge in [0, 0.05) is 6.92 Å². The Hall–Kier alpha value is 0.330. The first kappa shape index (κ1) is 8.33. The maximum Gasteiger partial charge on any atom is 0.346 e. The van der Waals surface area contributed by atoms with E-state index in [1.807, 2.05) is 0 Å². The van der Waals surface area contributed by atoms with Gasteiger partial charge in [-0.25, -0.2) is 0 Å². The molecule has 0 saturated carbocycles. The Morgan fingerprint density at radius 1 is 1.88 bits per heavy atom. The summed E-state index contributed by atoms with van der Waals surface area (Å²) in [4.78, 5) is 0. The Morgan fingerprint density at radius 3 is 2.25 bits per heavy atom. The molecule has 2 atom stereocenters. The molecule has 2 unspecified atom stereocenters. The first-order chi connectivity index (χ1) is 3.42. The van der Waals surface area contributed by atoms with E-state index in [2.05, 4.69) is 20.7 Å². The molecule has 0 rings (SSSR count). The van der Waals surface area contributed by atoms with E-state index in [1.54, 1.807) is 0 Å². The van der Waals surface area contributed by atoms with Gasteiger partial charge in [0.25, 0.3) is 0 Å². The third-order valence-electron chi connectivity index (χ3n) is 0.373. The summed E-state index contributed by atoms with van der Waals surface area (Å²) in [5, 5.41) is 9.46. The van der Waals surface area contributed by atoms with Crippen LogP contribution in [0.4, 0.5) is 4.39 Å². The van der Waals surface area contributed by atoms with E-state index in [0.717, 1.165) is 6.92 Å². The zero-order chi connectivity index (χ0) is 6.78. The summed E-state index contributed by atoms with van der Waals surface area (Å²) in [5.41, 5.74) is 0. The highest BCUT2D eigenvalue weighted by Crippen LogP contribution is 2.13. The van der Waals surface area contributed by atoms with Crippen LogP contribution in [0.3, 0.4) is 0 Å². The lowest BCUT2D eigenvalue weighted by molar-refractivity contribution is -0.313. The molecule has 49 valence electrons. The van der Waals surface area contributed by atoms with Crippen LogP contribution < -0.4 is 0 Å². The average Bonchev–Trinajstić information content (AvgIpc) is 1.21. The molecule has 0 aromatic heterocycles. The lowest BCUT2D eigenvalue weighted by atomic mass is 10.7. The van der Waals surface area contributed by atoms with Gasteiger partial charge in [0.15, 0.2) is 0 Å². The topological polar surface area (TPSA) is 29.1 Å². The van der Waals surface area contributed by atoms with E-state index in [0.29, 0.717) is 0 Å². The van der Waals surface area contributed by atoms with Gasteiger partial charge in [-0.1, -0.05) is 15.9 Å². The van der Waals surface area contributed by atoms with Gasteiger partial charge in [0.2, 0.25) is 0 Å². The molecule has 1 radical (unpaired) electrons. The second-order valence-corrected chi connectivity index (χ2v) is 2.79. The molecule has 0 bridgehead atoms. The molecule has 4 heteroatoms. The van der Waals surface area contributed by atoms with Crippen LogP contribution in [0.15, 0.2) is 0 Å². The molecule has 0 heterocycles. The van der Waals surface area contributed by atoms with Crippen molar-refractivity contribution in [1.29, 1.82) is 0 Å². The second-order valence-electron chi connectivity index (χ2n) is 1.50. The zero-order valence-corrected chi connectivity index (χ0v) is 6.24. The minimum absolute atomic E-state index is 0.532. The van der Waals surface area contributed by atoms with Crippen LogP contribution in [-0.4, -0.2) is 11.1 Å². The Bertz CT molecular complexity index is 68.9. The minimum Gasteiger partial charge on any atom is -0.308 e. The number of rotatable bonds is 2. The van der Waals surface area contributed by atoms with Crippen LogP contribution in [0.5, 0.6) is 0 Å². The molecule has 0 aliphatic heterocycles. The van der Waals surface area contributed by atoms with Crippen molar-refractivity contribution in [2.24, 2.45) is 0 Å².